The number of carbonyl (C=O) groups is 1. The van der Waals surface area contributed by atoms with Gasteiger partial charge in [-0.15, -0.1) is 0 Å². The molecule has 0 aliphatic heterocycles. The van der Waals surface area contributed by atoms with Crippen LogP contribution in [0, 0.1) is 5.92 Å². The molecule has 5 heteroatoms. The maximum Gasteiger partial charge on any atom is 0.313 e. The number of rotatable bonds is 6. The SMILES string of the molecule is CC(C)(C)c1cnc(SCC(=O)O)n1CCC1CC1. The lowest BCUT2D eigenvalue weighted by Gasteiger charge is -2.21. The van der Waals surface area contributed by atoms with Gasteiger partial charge in [0.1, 0.15) is 0 Å². The summed E-state index contributed by atoms with van der Waals surface area (Å²) in [6.45, 7) is 7.47. The van der Waals surface area contributed by atoms with E-state index in [0.717, 1.165) is 17.6 Å². The quantitative estimate of drug-likeness (QED) is 0.814. The average Bonchev–Trinajstić information content (AvgIpc) is 3.02. The molecule has 0 radical (unpaired) electrons. The molecule has 0 saturated heterocycles. The molecule has 1 saturated carbocycles. The Morgan fingerprint density at radius 3 is 2.74 bits per heavy atom. The Labute approximate surface area is 118 Å². The van der Waals surface area contributed by atoms with Crippen LogP contribution in [0.15, 0.2) is 11.4 Å². The van der Waals surface area contributed by atoms with E-state index in [2.05, 4.69) is 30.3 Å². The summed E-state index contributed by atoms with van der Waals surface area (Å²) in [6, 6.07) is 0. The number of aliphatic carboxylic acids is 1. The topological polar surface area (TPSA) is 55.1 Å². The summed E-state index contributed by atoms with van der Waals surface area (Å²) >= 11 is 1.32. The molecule has 2 rings (SSSR count). The first kappa shape index (κ1) is 14.4. The Balaban J connectivity index is 2.15. The Morgan fingerprint density at radius 2 is 2.21 bits per heavy atom. The number of imidazole rings is 1. The average molecular weight is 282 g/mol. The Morgan fingerprint density at radius 1 is 1.53 bits per heavy atom. The Kier molecular flexibility index (Phi) is 4.23. The van der Waals surface area contributed by atoms with Crippen LogP contribution in [0.1, 0.15) is 45.7 Å². The van der Waals surface area contributed by atoms with Gasteiger partial charge in [-0.25, -0.2) is 4.98 Å². The molecule has 106 valence electrons. The molecule has 1 heterocycles. The molecule has 1 aromatic heterocycles. The predicted molar refractivity (Wildman–Crippen MR) is 76.6 cm³/mol. The molecule has 0 bridgehead atoms. The van der Waals surface area contributed by atoms with E-state index in [0.29, 0.717) is 0 Å². The number of hydrogen-bond donors (Lipinski definition) is 1. The third kappa shape index (κ3) is 4.00. The lowest BCUT2D eigenvalue weighted by atomic mass is 9.92. The van der Waals surface area contributed by atoms with Crippen molar-refractivity contribution in [2.45, 2.75) is 57.1 Å². The first-order valence-electron chi connectivity index (χ1n) is 6.78. The number of aromatic nitrogens is 2. The van der Waals surface area contributed by atoms with E-state index >= 15 is 0 Å². The fourth-order valence-corrected chi connectivity index (χ4v) is 2.86. The van der Waals surface area contributed by atoms with Crippen molar-refractivity contribution < 1.29 is 9.90 Å². The van der Waals surface area contributed by atoms with Gasteiger partial charge in [-0.2, -0.15) is 0 Å². The summed E-state index contributed by atoms with van der Waals surface area (Å²) in [4.78, 5) is 15.1. The monoisotopic (exact) mass is 282 g/mol. The lowest BCUT2D eigenvalue weighted by molar-refractivity contribution is -0.133. The van der Waals surface area contributed by atoms with Crippen LogP contribution in [-0.2, 0) is 16.8 Å². The van der Waals surface area contributed by atoms with E-state index in [1.807, 2.05) is 6.20 Å². The first-order valence-corrected chi connectivity index (χ1v) is 7.77. The van der Waals surface area contributed by atoms with Gasteiger partial charge in [0, 0.05) is 23.9 Å². The van der Waals surface area contributed by atoms with Crippen molar-refractivity contribution in [2.24, 2.45) is 5.92 Å². The molecular formula is C14H22N2O2S. The molecular weight excluding hydrogens is 260 g/mol. The third-order valence-corrected chi connectivity index (χ3v) is 4.35. The third-order valence-electron chi connectivity index (χ3n) is 3.37. The summed E-state index contributed by atoms with van der Waals surface area (Å²) < 4.78 is 2.21. The second-order valence-electron chi connectivity index (χ2n) is 6.24. The molecule has 4 nitrogen and oxygen atoms in total. The molecule has 1 N–H and O–H groups in total. The second-order valence-corrected chi connectivity index (χ2v) is 7.18. The van der Waals surface area contributed by atoms with Crippen LogP contribution in [0.2, 0.25) is 0 Å². The van der Waals surface area contributed by atoms with Crippen molar-refractivity contribution in [3.05, 3.63) is 11.9 Å². The van der Waals surface area contributed by atoms with Gasteiger partial charge in [0.2, 0.25) is 0 Å². The smallest absolute Gasteiger partial charge is 0.313 e. The molecule has 0 aromatic carbocycles. The zero-order valence-corrected chi connectivity index (χ0v) is 12.7. The summed E-state index contributed by atoms with van der Waals surface area (Å²) in [5.41, 5.74) is 1.24. The molecule has 0 amide bonds. The van der Waals surface area contributed by atoms with E-state index in [1.165, 1.54) is 36.7 Å². The number of thioether (sulfide) groups is 1. The summed E-state index contributed by atoms with van der Waals surface area (Å²) in [5, 5.41) is 9.64. The van der Waals surface area contributed by atoms with Gasteiger partial charge < -0.3 is 9.67 Å². The summed E-state index contributed by atoms with van der Waals surface area (Å²) in [6.07, 6.45) is 5.77. The van der Waals surface area contributed by atoms with Crippen LogP contribution in [0.3, 0.4) is 0 Å². The molecule has 1 aromatic rings. The van der Waals surface area contributed by atoms with Crippen LogP contribution in [-0.4, -0.2) is 26.4 Å². The molecule has 1 aliphatic rings. The second kappa shape index (κ2) is 5.57. The number of carboxylic acid groups (broad SMARTS) is 1. The molecule has 0 atom stereocenters. The van der Waals surface area contributed by atoms with Crippen LogP contribution in [0.4, 0.5) is 0 Å². The van der Waals surface area contributed by atoms with Crippen LogP contribution in [0.25, 0.3) is 0 Å². The largest absolute Gasteiger partial charge is 0.481 e. The van der Waals surface area contributed by atoms with Gasteiger partial charge in [-0.3, -0.25) is 4.79 Å². The van der Waals surface area contributed by atoms with Gasteiger partial charge in [0.25, 0.3) is 0 Å². The highest BCUT2D eigenvalue weighted by Crippen LogP contribution is 2.34. The van der Waals surface area contributed by atoms with Crippen LogP contribution < -0.4 is 0 Å². The van der Waals surface area contributed by atoms with Crippen LogP contribution >= 0.6 is 11.8 Å². The fraction of sp³-hybridized carbons (Fsp3) is 0.714. The maximum absolute atomic E-state index is 10.7. The van der Waals surface area contributed by atoms with Crippen molar-refractivity contribution >= 4 is 17.7 Å². The maximum atomic E-state index is 10.7. The van der Waals surface area contributed by atoms with Gasteiger partial charge >= 0.3 is 5.97 Å². The minimum absolute atomic E-state index is 0.0403. The minimum Gasteiger partial charge on any atom is -0.481 e. The summed E-state index contributed by atoms with van der Waals surface area (Å²) in [7, 11) is 0. The zero-order chi connectivity index (χ0) is 14.0. The minimum atomic E-state index is -0.793. The zero-order valence-electron chi connectivity index (χ0n) is 11.8. The van der Waals surface area contributed by atoms with Gasteiger partial charge in [0.05, 0.1) is 5.75 Å². The van der Waals surface area contributed by atoms with Crippen molar-refractivity contribution in [3.8, 4) is 0 Å². The van der Waals surface area contributed by atoms with Crippen LogP contribution in [0.5, 0.6) is 0 Å². The van der Waals surface area contributed by atoms with Crippen molar-refractivity contribution in [1.82, 2.24) is 9.55 Å². The number of carboxylic acids is 1. The van der Waals surface area contributed by atoms with E-state index in [1.54, 1.807) is 0 Å². The standard InChI is InChI=1S/C14H22N2O2S/c1-14(2,3)11-8-15-13(19-9-12(17)18)16(11)7-6-10-4-5-10/h8,10H,4-7,9H2,1-3H3,(H,17,18). The molecule has 0 unspecified atom stereocenters. The van der Waals surface area contributed by atoms with Crippen molar-refractivity contribution in [3.63, 3.8) is 0 Å². The molecule has 19 heavy (non-hydrogen) atoms. The Hall–Kier alpha value is -0.970. The van der Waals surface area contributed by atoms with E-state index in [4.69, 9.17) is 5.11 Å². The highest BCUT2D eigenvalue weighted by molar-refractivity contribution is 7.99. The highest BCUT2D eigenvalue weighted by Gasteiger charge is 2.25. The number of nitrogens with zero attached hydrogens (tertiary/aromatic N) is 2. The van der Waals surface area contributed by atoms with Crippen molar-refractivity contribution in [2.75, 3.05) is 5.75 Å². The van der Waals surface area contributed by atoms with Gasteiger partial charge in [-0.05, 0) is 12.3 Å². The first-order chi connectivity index (χ1) is 8.88. The molecule has 1 fully saturated rings. The Bertz CT molecular complexity index is 459. The van der Waals surface area contributed by atoms with Gasteiger partial charge in [0.15, 0.2) is 5.16 Å². The van der Waals surface area contributed by atoms with Crippen molar-refractivity contribution in [1.29, 1.82) is 0 Å². The predicted octanol–water partition coefficient (Wildman–Crippen LogP) is 3.16. The lowest BCUT2D eigenvalue weighted by Crippen LogP contribution is -2.18. The van der Waals surface area contributed by atoms with E-state index < -0.39 is 5.97 Å². The fourth-order valence-electron chi connectivity index (χ4n) is 2.13. The van der Waals surface area contributed by atoms with E-state index in [-0.39, 0.29) is 11.2 Å². The molecule has 1 aliphatic carbocycles. The van der Waals surface area contributed by atoms with E-state index in [9.17, 15) is 4.79 Å². The highest BCUT2D eigenvalue weighted by atomic mass is 32.2. The normalized spacial score (nSPS) is 15.7. The molecule has 0 spiro atoms. The summed E-state index contributed by atoms with van der Waals surface area (Å²) in [5.74, 6) is 0.149. The van der Waals surface area contributed by atoms with Gasteiger partial charge in [-0.1, -0.05) is 45.4 Å². The number of hydrogen-bond acceptors (Lipinski definition) is 3.